The zero-order chi connectivity index (χ0) is 15.1. The minimum atomic E-state index is -0.853. The summed E-state index contributed by atoms with van der Waals surface area (Å²) in [5.74, 6) is -1.29. The second-order valence-corrected chi connectivity index (χ2v) is 5.05. The molecule has 0 aliphatic rings. The molecule has 1 heterocycles. The normalized spacial score (nSPS) is 9.95. The zero-order valence-electron chi connectivity index (χ0n) is 11.6. The predicted molar refractivity (Wildman–Crippen MR) is 73.9 cm³/mol. The summed E-state index contributed by atoms with van der Waals surface area (Å²) in [5.41, 5.74) is 1.03. The molecule has 20 heavy (non-hydrogen) atoms. The van der Waals surface area contributed by atoms with E-state index < -0.39 is 24.6 Å². The van der Waals surface area contributed by atoms with E-state index in [1.807, 2.05) is 19.2 Å². The first-order valence-electron chi connectivity index (χ1n) is 6.20. The molecule has 0 fully saturated rings. The molecule has 0 bridgehead atoms. The Hall–Kier alpha value is -1.89. The minimum absolute atomic E-state index is 0.160. The molecule has 0 spiro atoms. The van der Waals surface area contributed by atoms with Crippen LogP contribution in [0.3, 0.4) is 0 Å². The van der Waals surface area contributed by atoms with Gasteiger partial charge in [0.05, 0.1) is 6.61 Å². The summed E-state index contributed by atoms with van der Waals surface area (Å²) < 4.78 is 9.36. The number of rotatable bonds is 5. The van der Waals surface area contributed by atoms with Gasteiger partial charge in [-0.2, -0.15) is 0 Å². The van der Waals surface area contributed by atoms with Gasteiger partial charge in [0.2, 0.25) is 0 Å². The molecule has 7 heteroatoms. The fourth-order valence-electron chi connectivity index (χ4n) is 1.49. The molecule has 0 unspecified atom stereocenters. The summed E-state index contributed by atoms with van der Waals surface area (Å²) in [4.78, 5) is 35.6. The van der Waals surface area contributed by atoms with Crippen LogP contribution >= 0.6 is 11.3 Å². The van der Waals surface area contributed by atoms with Crippen molar-refractivity contribution in [3.8, 4) is 0 Å². The van der Waals surface area contributed by atoms with Crippen molar-refractivity contribution in [2.45, 2.75) is 27.2 Å². The van der Waals surface area contributed by atoms with Gasteiger partial charge >= 0.3 is 12.1 Å². The molecule has 0 saturated heterocycles. The summed E-state index contributed by atoms with van der Waals surface area (Å²) in [7, 11) is 0. The number of esters is 1. The van der Waals surface area contributed by atoms with Gasteiger partial charge in [-0.1, -0.05) is 6.92 Å². The molecular weight excluding hydrogens is 282 g/mol. The number of amides is 2. The summed E-state index contributed by atoms with van der Waals surface area (Å²) in [6, 6.07) is 1.73. The number of hydrogen-bond donors (Lipinski definition) is 1. The van der Waals surface area contributed by atoms with E-state index in [2.05, 4.69) is 4.74 Å². The number of carbonyl (C=O) groups is 3. The van der Waals surface area contributed by atoms with Crippen LogP contribution in [0.25, 0.3) is 0 Å². The van der Waals surface area contributed by atoms with Crippen molar-refractivity contribution in [1.82, 2.24) is 5.32 Å². The van der Waals surface area contributed by atoms with E-state index in [4.69, 9.17) is 4.74 Å². The third-order valence-corrected chi connectivity index (χ3v) is 3.76. The van der Waals surface area contributed by atoms with Crippen molar-refractivity contribution in [1.29, 1.82) is 0 Å². The summed E-state index contributed by atoms with van der Waals surface area (Å²) >= 11 is 1.34. The van der Waals surface area contributed by atoms with Crippen molar-refractivity contribution >= 4 is 29.3 Å². The highest BCUT2D eigenvalue weighted by molar-refractivity contribution is 7.14. The number of imide groups is 1. The van der Waals surface area contributed by atoms with E-state index in [1.165, 1.54) is 11.3 Å². The highest BCUT2D eigenvalue weighted by atomic mass is 32.1. The van der Waals surface area contributed by atoms with E-state index >= 15 is 0 Å². The number of alkyl carbamates (subject to hydrolysis) is 1. The molecule has 2 amide bonds. The number of aryl methyl sites for hydroxylation is 2. The topological polar surface area (TPSA) is 81.7 Å². The monoisotopic (exact) mass is 299 g/mol. The van der Waals surface area contributed by atoms with E-state index in [9.17, 15) is 14.4 Å². The molecule has 1 aromatic rings. The van der Waals surface area contributed by atoms with Gasteiger partial charge in [0.25, 0.3) is 5.91 Å². The molecule has 0 aromatic carbocycles. The first-order valence-corrected chi connectivity index (χ1v) is 7.02. The second-order valence-electron chi connectivity index (χ2n) is 3.92. The summed E-state index contributed by atoms with van der Waals surface area (Å²) in [6.07, 6.45) is -0.0126. The molecule has 0 aliphatic heterocycles. The van der Waals surface area contributed by atoms with Gasteiger partial charge in [0.1, 0.15) is 4.88 Å². The Labute approximate surface area is 121 Å². The molecule has 1 N–H and O–H groups in total. The quantitative estimate of drug-likeness (QED) is 0.841. The van der Waals surface area contributed by atoms with Crippen LogP contribution in [-0.4, -0.2) is 31.2 Å². The molecule has 1 rings (SSSR count). The zero-order valence-corrected chi connectivity index (χ0v) is 12.5. The van der Waals surface area contributed by atoms with Crippen molar-refractivity contribution in [2.75, 3.05) is 13.2 Å². The van der Waals surface area contributed by atoms with Gasteiger partial charge in [-0.25, -0.2) is 9.59 Å². The van der Waals surface area contributed by atoms with Crippen LogP contribution in [0.2, 0.25) is 0 Å². The number of carbonyl (C=O) groups excluding carboxylic acids is 3. The van der Waals surface area contributed by atoms with Crippen molar-refractivity contribution in [2.24, 2.45) is 0 Å². The maximum Gasteiger partial charge on any atom is 0.413 e. The smallest absolute Gasteiger partial charge is 0.413 e. The second kappa shape index (κ2) is 7.64. The molecule has 0 saturated carbocycles. The lowest BCUT2D eigenvalue weighted by molar-refractivity contribution is -0.123. The standard InChI is InChI=1S/C13H17NO5S/c1-4-9-8(3)6-10(20-9)12(16)19-7-11(15)14-13(17)18-5-2/h6H,4-5,7H2,1-3H3,(H,14,15,17). The van der Waals surface area contributed by atoms with Crippen LogP contribution in [0.1, 0.15) is 34.0 Å². The van der Waals surface area contributed by atoms with Gasteiger partial charge in [-0.05, 0) is 31.9 Å². The van der Waals surface area contributed by atoms with Gasteiger partial charge in [0, 0.05) is 4.88 Å². The third kappa shape index (κ3) is 4.65. The maximum absolute atomic E-state index is 11.7. The van der Waals surface area contributed by atoms with E-state index in [0.717, 1.165) is 16.9 Å². The summed E-state index contributed by atoms with van der Waals surface area (Å²) in [6.45, 7) is 5.18. The Bertz CT molecular complexity index is 509. The van der Waals surface area contributed by atoms with Crippen LogP contribution in [0.4, 0.5) is 4.79 Å². The van der Waals surface area contributed by atoms with Crippen molar-refractivity contribution in [3.63, 3.8) is 0 Å². The molecular formula is C13H17NO5S. The van der Waals surface area contributed by atoms with Crippen LogP contribution in [0, 0.1) is 6.92 Å². The van der Waals surface area contributed by atoms with Gasteiger partial charge in [-0.15, -0.1) is 11.3 Å². The number of ether oxygens (including phenoxy) is 2. The lowest BCUT2D eigenvalue weighted by atomic mass is 10.2. The van der Waals surface area contributed by atoms with Crippen molar-refractivity contribution in [3.05, 3.63) is 21.4 Å². The third-order valence-electron chi connectivity index (χ3n) is 2.39. The molecule has 0 radical (unpaired) electrons. The van der Waals surface area contributed by atoms with Crippen LogP contribution in [-0.2, 0) is 20.7 Å². The minimum Gasteiger partial charge on any atom is -0.451 e. The SMILES string of the molecule is CCOC(=O)NC(=O)COC(=O)c1cc(C)c(CC)s1. The van der Waals surface area contributed by atoms with E-state index in [0.29, 0.717) is 4.88 Å². The molecule has 6 nitrogen and oxygen atoms in total. The van der Waals surface area contributed by atoms with Crippen LogP contribution in [0.5, 0.6) is 0 Å². The average molecular weight is 299 g/mol. The Morgan fingerprint density at radius 1 is 1.25 bits per heavy atom. The predicted octanol–water partition coefficient (Wildman–Crippen LogP) is 2.05. The van der Waals surface area contributed by atoms with Gasteiger partial charge in [-0.3, -0.25) is 10.1 Å². The Morgan fingerprint density at radius 2 is 1.95 bits per heavy atom. The highest BCUT2D eigenvalue weighted by Gasteiger charge is 2.15. The molecule has 0 atom stereocenters. The van der Waals surface area contributed by atoms with E-state index in [-0.39, 0.29) is 6.61 Å². The maximum atomic E-state index is 11.7. The lowest BCUT2D eigenvalue weighted by Crippen LogP contribution is -2.34. The van der Waals surface area contributed by atoms with Crippen LogP contribution in [0.15, 0.2) is 6.07 Å². The first-order chi connectivity index (χ1) is 9.47. The van der Waals surface area contributed by atoms with Gasteiger partial charge < -0.3 is 9.47 Å². The fourth-order valence-corrected chi connectivity index (χ4v) is 2.50. The number of thiophene rings is 1. The number of hydrogen-bond acceptors (Lipinski definition) is 6. The Kier molecular flexibility index (Phi) is 6.17. The lowest BCUT2D eigenvalue weighted by Gasteiger charge is -2.04. The fraction of sp³-hybridized carbons (Fsp3) is 0.462. The van der Waals surface area contributed by atoms with Gasteiger partial charge in [0.15, 0.2) is 6.61 Å². The first kappa shape index (κ1) is 16.2. The largest absolute Gasteiger partial charge is 0.451 e. The van der Waals surface area contributed by atoms with Crippen molar-refractivity contribution < 1.29 is 23.9 Å². The van der Waals surface area contributed by atoms with Crippen LogP contribution < -0.4 is 5.32 Å². The Morgan fingerprint density at radius 3 is 2.50 bits per heavy atom. The molecule has 0 aliphatic carbocycles. The molecule has 1 aromatic heterocycles. The number of nitrogens with one attached hydrogen (secondary N) is 1. The van der Waals surface area contributed by atoms with E-state index in [1.54, 1.807) is 13.0 Å². The highest BCUT2D eigenvalue weighted by Crippen LogP contribution is 2.22. The average Bonchev–Trinajstić information content (AvgIpc) is 2.77. The molecule has 110 valence electrons. The Balaban J connectivity index is 2.46. The summed E-state index contributed by atoms with van der Waals surface area (Å²) in [5, 5.41) is 1.94.